The molecular formula is C27H30O9S. The van der Waals surface area contributed by atoms with E-state index in [4.69, 9.17) is 28.4 Å². The van der Waals surface area contributed by atoms with Crippen molar-refractivity contribution >= 4 is 22.0 Å². The first-order chi connectivity index (χ1) is 17.7. The average molecular weight is 531 g/mol. The third-order valence-corrected chi connectivity index (χ3v) is 7.31. The smallest absolute Gasteiger partial charge is 0.203 e. The van der Waals surface area contributed by atoms with Crippen molar-refractivity contribution < 1.29 is 41.9 Å². The van der Waals surface area contributed by atoms with Gasteiger partial charge in [-0.2, -0.15) is 0 Å². The first-order valence-corrected chi connectivity index (χ1v) is 12.7. The van der Waals surface area contributed by atoms with Gasteiger partial charge in [-0.15, -0.1) is 0 Å². The second-order valence-corrected chi connectivity index (χ2v) is 9.78. The summed E-state index contributed by atoms with van der Waals surface area (Å²) < 4.78 is 58.5. The monoisotopic (exact) mass is 530 g/mol. The van der Waals surface area contributed by atoms with E-state index in [0.717, 1.165) is 0 Å². The van der Waals surface area contributed by atoms with E-state index in [1.165, 1.54) is 73.0 Å². The van der Waals surface area contributed by atoms with E-state index in [9.17, 15) is 13.5 Å². The lowest BCUT2D eigenvalue weighted by atomic mass is 10.1. The normalized spacial score (nSPS) is 11.3. The van der Waals surface area contributed by atoms with Gasteiger partial charge in [0.25, 0.3) is 0 Å². The van der Waals surface area contributed by atoms with Crippen LogP contribution in [0, 0.1) is 0 Å². The highest BCUT2D eigenvalue weighted by atomic mass is 32.2. The Labute approximate surface area is 216 Å². The van der Waals surface area contributed by atoms with Crippen LogP contribution < -0.4 is 28.4 Å². The van der Waals surface area contributed by atoms with Crippen LogP contribution in [0.15, 0.2) is 47.4 Å². The quantitative estimate of drug-likeness (QED) is 0.356. The van der Waals surface area contributed by atoms with Crippen molar-refractivity contribution in [2.45, 2.75) is 10.6 Å². The van der Waals surface area contributed by atoms with Gasteiger partial charge < -0.3 is 33.5 Å². The topological polar surface area (TPSA) is 110 Å². The molecule has 0 aliphatic heterocycles. The minimum absolute atomic E-state index is 0.0664. The van der Waals surface area contributed by atoms with Crippen LogP contribution in [0.1, 0.15) is 16.7 Å². The van der Waals surface area contributed by atoms with Crippen LogP contribution in [0.3, 0.4) is 0 Å². The van der Waals surface area contributed by atoms with Crippen LogP contribution in [0.2, 0.25) is 0 Å². The Kier molecular flexibility index (Phi) is 8.77. The van der Waals surface area contributed by atoms with Crippen LogP contribution in [0.5, 0.6) is 40.2 Å². The highest BCUT2D eigenvalue weighted by Crippen LogP contribution is 2.39. The number of hydrogen-bond donors (Lipinski definition) is 1. The second-order valence-electron chi connectivity index (χ2n) is 7.79. The summed E-state index contributed by atoms with van der Waals surface area (Å²) in [7, 11) is 5.05. The van der Waals surface area contributed by atoms with Gasteiger partial charge in [0.15, 0.2) is 44.3 Å². The number of hydrogen-bond acceptors (Lipinski definition) is 9. The molecule has 10 heteroatoms. The van der Waals surface area contributed by atoms with Gasteiger partial charge in [-0.1, -0.05) is 12.2 Å². The molecule has 3 aromatic rings. The van der Waals surface area contributed by atoms with Crippen LogP contribution >= 0.6 is 0 Å². The first kappa shape index (κ1) is 27.5. The predicted molar refractivity (Wildman–Crippen MR) is 140 cm³/mol. The molecule has 9 nitrogen and oxygen atoms in total. The number of aromatic hydroxyl groups is 1. The Hall–Kier alpha value is -4.05. The van der Waals surface area contributed by atoms with Crippen molar-refractivity contribution in [2.75, 3.05) is 42.7 Å². The largest absolute Gasteiger partial charge is 0.504 e. The maximum Gasteiger partial charge on any atom is 0.203 e. The van der Waals surface area contributed by atoms with Crippen molar-refractivity contribution in [3.63, 3.8) is 0 Å². The van der Waals surface area contributed by atoms with Crippen LogP contribution in [-0.4, -0.2) is 56.2 Å². The molecule has 0 aliphatic rings. The van der Waals surface area contributed by atoms with Gasteiger partial charge in [0, 0.05) is 6.07 Å². The van der Waals surface area contributed by atoms with Gasteiger partial charge in [-0.3, -0.25) is 0 Å². The molecule has 37 heavy (non-hydrogen) atoms. The summed E-state index contributed by atoms with van der Waals surface area (Å²) in [5.41, 5.74) is 1.61. The summed E-state index contributed by atoms with van der Waals surface area (Å²) in [5, 5.41) is 10.4. The molecule has 0 heterocycles. The minimum Gasteiger partial charge on any atom is -0.504 e. The minimum atomic E-state index is -3.81. The molecule has 0 unspecified atom stereocenters. The Balaban J connectivity index is 2.06. The fourth-order valence-electron chi connectivity index (χ4n) is 3.75. The molecule has 0 saturated heterocycles. The molecule has 0 radical (unpaired) electrons. The molecule has 0 aliphatic carbocycles. The van der Waals surface area contributed by atoms with Crippen LogP contribution in [0.25, 0.3) is 12.2 Å². The second kappa shape index (κ2) is 11.8. The first-order valence-electron chi connectivity index (χ1n) is 11.0. The molecular weight excluding hydrogens is 500 g/mol. The predicted octanol–water partition coefficient (Wildman–Crippen LogP) is 4.59. The van der Waals surface area contributed by atoms with Gasteiger partial charge in [-0.25, -0.2) is 8.42 Å². The standard InChI is InChI=1S/C27H30O9S/c1-31-22-10-9-20(15-24(22)33-3)37(29,30)16-19-14-23(32-2)21(28)13-18(19)8-7-17-11-25(34-4)27(36-6)26(12-17)35-5/h7-15,28H,16H2,1-6H3/b8-7-. The van der Waals surface area contributed by atoms with E-state index in [-0.39, 0.29) is 22.1 Å². The van der Waals surface area contributed by atoms with Gasteiger partial charge in [0.05, 0.1) is 53.3 Å². The number of ether oxygens (including phenoxy) is 6. The van der Waals surface area contributed by atoms with E-state index in [0.29, 0.717) is 45.4 Å². The summed E-state index contributed by atoms with van der Waals surface area (Å²) in [6.45, 7) is 0. The van der Waals surface area contributed by atoms with Crippen molar-refractivity contribution in [1.82, 2.24) is 0 Å². The van der Waals surface area contributed by atoms with Crippen LogP contribution in [0.4, 0.5) is 0 Å². The molecule has 0 aromatic heterocycles. The Bertz CT molecular complexity index is 1370. The summed E-state index contributed by atoms with van der Waals surface area (Å²) in [5.74, 6) is 1.78. The van der Waals surface area contributed by atoms with E-state index in [1.807, 2.05) is 0 Å². The van der Waals surface area contributed by atoms with E-state index in [1.54, 1.807) is 24.3 Å². The lowest BCUT2D eigenvalue weighted by Gasteiger charge is -2.14. The zero-order valence-electron chi connectivity index (χ0n) is 21.5. The summed E-state index contributed by atoms with van der Waals surface area (Å²) in [6, 6.07) is 10.9. The van der Waals surface area contributed by atoms with Gasteiger partial charge >= 0.3 is 0 Å². The third kappa shape index (κ3) is 6.03. The maximum atomic E-state index is 13.3. The lowest BCUT2D eigenvalue weighted by molar-refractivity contribution is 0.324. The molecule has 0 amide bonds. The third-order valence-electron chi connectivity index (χ3n) is 5.64. The Morgan fingerprint density at radius 2 is 1.27 bits per heavy atom. The average Bonchev–Trinajstić information content (AvgIpc) is 2.91. The van der Waals surface area contributed by atoms with Crippen LogP contribution in [-0.2, 0) is 15.6 Å². The Morgan fingerprint density at radius 1 is 0.676 bits per heavy atom. The van der Waals surface area contributed by atoms with E-state index < -0.39 is 9.84 Å². The summed E-state index contributed by atoms with van der Waals surface area (Å²) in [4.78, 5) is 0.0664. The number of phenols is 1. The number of methoxy groups -OCH3 is 6. The highest BCUT2D eigenvalue weighted by Gasteiger charge is 2.21. The van der Waals surface area contributed by atoms with E-state index in [2.05, 4.69) is 0 Å². The maximum absolute atomic E-state index is 13.3. The van der Waals surface area contributed by atoms with Crippen molar-refractivity contribution in [1.29, 1.82) is 0 Å². The molecule has 0 spiro atoms. The lowest BCUT2D eigenvalue weighted by Crippen LogP contribution is -2.07. The fraction of sp³-hybridized carbons (Fsp3) is 0.259. The summed E-state index contributed by atoms with van der Waals surface area (Å²) in [6.07, 6.45) is 3.44. The molecule has 0 saturated carbocycles. The van der Waals surface area contributed by atoms with E-state index >= 15 is 0 Å². The molecule has 0 bridgehead atoms. The number of benzene rings is 3. The molecule has 0 atom stereocenters. The number of phenolic OH excluding ortho intramolecular Hbond substituents is 1. The Morgan fingerprint density at radius 3 is 1.81 bits per heavy atom. The van der Waals surface area contributed by atoms with Gasteiger partial charge in [-0.05, 0) is 53.1 Å². The molecule has 3 aromatic carbocycles. The van der Waals surface area contributed by atoms with Gasteiger partial charge in [0.2, 0.25) is 5.75 Å². The SMILES string of the molecule is COc1cc(CS(=O)(=O)c2ccc(OC)c(OC)c2)c(/C=C\c2cc(OC)c(OC)c(OC)c2)cc1O. The molecule has 3 rings (SSSR count). The fourth-order valence-corrected chi connectivity index (χ4v) is 5.14. The highest BCUT2D eigenvalue weighted by molar-refractivity contribution is 7.90. The number of sulfone groups is 1. The van der Waals surface area contributed by atoms with Crippen molar-refractivity contribution in [3.05, 3.63) is 59.2 Å². The summed E-state index contributed by atoms with van der Waals surface area (Å²) >= 11 is 0. The molecule has 198 valence electrons. The van der Waals surface area contributed by atoms with Crippen molar-refractivity contribution in [3.8, 4) is 40.2 Å². The van der Waals surface area contributed by atoms with Crippen molar-refractivity contribution in [2.24, 2.45) is 0 Å². The zero-order valence-corrected chi connectivity index (χ0v) is 22.3. The van der Waals surface area contributed by atoms with Gasteiger partial charge in [0.1, 0.15) is 0 Å². The zero-order chi connectivity index (χ0) is 27.2. The number of rotatable bonds is 11. The molecule has 1 N–H and O–H groups in total. The molecule has 0 fully saturated rings.